The number of halogens is 1. The SMILES string of the molecule is C[C@@H](C#N)Sc1nnc(-c2ccccc2)n1-c1ccc(F)cc1. The minimum Gasteiger partial charge on any atom is -0.270 e. The molecule has 23 heavy (non-hydrogen) atoms. The molecule has 0 saturated heterocycles. The molecule has 0 radical (unpaired) electrons. The molecule has 0 fully saturated rings. The van der Waals surface area contributed by atoms with Crippen molar-refractivity contribution in [2.75, 3.05) is 0 Å². The predicted octanol–water partition coefficient (Wildman–Crippen LogP) is 4.08. The van der Waals surface area contributed by atoms with Crippen LogP contribution in [0.4, 0.5) is 4.39 Å². The lowest BCUT2D eigenvalue weighted by atomic mass is 10.2. The highest BCUT2D eigenvalue weighted by Crippen LogP contribution is 2.29. The van der Waals surface area contributed by atoms with Gasteiger partial charge in [0.05, 0.1) is 11.3 Å². The molecular formula is C17H13FN4S. The molecule has 1 atom stereocenters. The topological polar surface area (TPSA) is 54.5 Å². The second kappa shape index (κ2) is 6.63. The van der Waals surface area contributed by atoms with Crippen molar-refractivity contribution in [1.29, 1.82) is 5.26 Å². The van der Waals surface area contributed by atoms with E-state index in [1.807, 2.05) is 34.9 Å². The highest BCUT2D eigenvalue weighted by atomic mass is 32.2. The molecule has 0 amide bonds. The second-order valence-corrected chi connectivity index (χ2v) is 6.18. The van der Waals surface area contributed by atoms with Crippen molar-refractivity contribution >= 4 is 11.8 Å². The van der Waals surface area contributed by atoms with Crippen molar-refractivity contribution in [1.82, 2.24) is 14.8 Å². The van der Waals surface area contributed by atoms with Crippen LogP contribution in [-0.2, 0) is 0 Å². The van der Waals surface area contributed by atoms with Gasteiger partial charge in [-0.1, -0.05) is 42.1 Å². The summed E-state index contributed by atoms with van der Waals surface area (Å²) in [4.78, 5) is 0. The van der Waals surface area contributed by atoms with Gasteiger partial charge in [-0.3, -0.25) is 4.57 Å². The van der Waals surface area contributed by atoms with E-state index in [0.29, 0.717) is 11.0 Å². The minimum absolute atomic E-state index is 0.262. The van der Waals surface area contributed by atoms with E-state index in [1.54, 1.807) is 19.1 Å². The zero-order chi connectivity index (χ0) is 16.2. The van der Waals surface area contributed by atoms with E-state index in [-0.39, 0.29) is 11.1 Å². The van der Waals surface area contributed by atoms with E-state index in [2.05, 4.69) is 16.3 Å². The first-order valence-corrected chi connectivity index (χ1v) is 7.90. The lowest BCUT2D eigenvalue weighted by molar-refractivity contribution is 0.627. The van der Waals surface area contributed by atoms with Crippen LogP contribution in [0.2, 0.25) is 0 Å². The van der Waals surface area contributed by atoms with Gasteiger partial charge in [0.15, 0.2) is 11.0 Å². The molecule has 0 saturated carbocycles. The predicted molar refractivity (Wildman–Crippen MR) is 87.7 cm³/mol. The normalized spacial score (nSPS) is 11.9. The molecule has 0 bridgehead atoms. The molecule has 0 N–H and O–H groups in total. The Bertz CT molecular complexity index is 837. The maximum absolute atomic E-state index is 13.2. The summed E-state index contributed by atoms with van der Waals surface area (Å²) < 4.78 is 15.1. The molecule has 0 spiro atoms. The molecular weight excluding hydrogens is 311 g/mol. The number of aromatic nitrogens is 3. The largest absolute Gasteiger partial charge is 0.270 e. The van der Waals surface area contributed by atoms with Crippen molar-refractivity contribution in [2.45, 2.75) is 17.3 Å². The number of nitriles is 1. The van der Waals surface area contributed by atoms with Crippen molar-refractivity contribution in [2.24, 2.45) is 0 Å². The monoisotopic (exact) mass is 324 g/mol. The Morgan fingerprint density at radius 1 is 1.09 bits per heavy atom. The number of benzene rings is 2. The van der Waals surface area contributed by atoms with E-state index in [9.17, 15) is 4.39 Å². The average Bonchev–Trinajstić information content (AvgIpc) is 3.00. The Hall–Kier alpha value is -2.65. The van der Waals surface area contributed by atoms with Gasteiger partial charge in [0.25, 0.3) is 0 Å². The van der Waals surface area contributed by atoms with Crippen molar-refractivity contribution in [3.05, 3.63) is 60.4 Å². The molecule has 114 valence electrons. The van der Waals surface area contributed by atoms with Crippen LogP contribution in [0.1, 0.15) is 6.92 Å². The first-order valence-electron chi connectivity index (χ1n) is 7.02. The fourth-order valence-corrected chi connectivity index (χ4v) is 2.88. The molecule has 4 nitrogen and oxygen atoms in total. The van der Waals surface area contributed by atoms with Crippen molar-refractivity contribution in [3.63, 3.8) is 0 Å². The van der Waals surface area contributed by atoms with Crippen molar-refractivity contribution < 1.29 is 4.39 Å². The van der Waals surface area contributed by atoms with Gasteiger partial charge in [0.2, 0.25) is 0 Å². The summed E-state index contributed by atoms with van der Waals surface area (Å²) in [5.74, 6) is 0.354. The fourth-order valence-electron chi connectivity index (χ4n) is 2.13. The molecule has 0 aliphatic heterocycles. The molecule has 2 aromatic carbocycles. The average molecular weight is 324 g/mol. The molecule has 6 heteroatoms. The molecule has 1 heterocycles. The third kappa shape index (κ3) is 3.25. The smallest absolute Gasteiger partial charge is 0.197 e. The van der Waals surface area contributed by atoms with E-state index >= 15 is 0 Å². The van der Waals surface area contributed by atoms with Gasteiger partial charge in [-0.2, -0.15) is 5.26 Å². The molecule has 0 unspecified atom stereocenters. The van der Waals surface area contributed by atoms with Gasteiger partial charge in [0, 0.05) is 11.3 Å². The molecule has 0 aliphatic rings. The lowest BCUT2D eigenvalue weighted by Crippen LogP contribution is -2.02. The third-order valence-corrected chi connectivity index (χ3v) is 4.15. The van der Waals surface area contributed by atoms with Crippen LogP contribution in [0.5, 0.6) is 0 Å². The summed E-state index contributed by atoms with van der Waals surface area (Å²) in [6.07, 6.45) is 0. The first-order chi connectivity index (χ1) is 11.2. The van der Waals surface area contributed by atoms with Crippen LogP contribution in [0.15, 0.2) is 59.8 Å². The van der Waals surface area contributed by atoms with Gasteiger partial charge >= 0.3 is 0 Å². The highest BCUT2D eigenvalue weighted by molar-refractivity contribution is 8.00. The van der Waals surface area contributed by atoms with Gasteiger partial charge < -0.3 is 0 Å². The molecule has 3 aromatic rings. The van der Waals surface area contributed by atoms with E-state index in [4.69, 9.17) is 5.26 Å². The van der Waals surface area contributed by atoms with Gasteiger partial charge in [0.1, 0.15) is 5.82 Å². The minimum atomic E-state index is -0.303. The van der Waals surface area contributed by atoms with Crippen LogP contribution < -0.4 is 0 Å². The van der Waals surface area contributed by atoms with Crippen LogP contribution >= 0.6 is 11.8 Å². The summed E-state index contributed by atoms with van der Waals surface area (Å²) >= 11 is 1.32. The zero-order valence-electron chi connectivity index (χ0n) is 12.3. The van der Waals surface area contributed by atoms with Gasteiger partial charge in [-0.15, -0.1) is 10.2 Å². The standard InChI is InChI=1S/C17H13FN4S/c1-12(11-19)23-17-21-20-16(13-5-3-2-4-6-13)22(17)15-9-7-14(18)8-10-15/h2-10,12H,1H3/t12-/m0/s1. The van der Waals surface area contributed by atoms with E-state index in [1.165, 1.54) is 23.9 Å². The summed E-state index contributed by atoms with van der Waals surface area (Å²) in [6.45, 7) is 1.80. The summed E-state index contributed by atoms with van der Waals surface area (Å²) in [5.41, 5.74) is 1.66. The number of nitrogens with zero attached hydrogens (tertiary/aromatic N) is 4. The van der Waals surface area contributed by atoms with Crippen LogP contribution in [0.3, 0.4) is 0 Å². The lowest BCUT2D eigenvalue weighted by Gasteiger charge is -2.10. The number of thioether (sulfide) groups is 1. The third-order valence-electron chi connectivity index (χ3n) is 3.21. The maximum atomic E-state index is 13.2. The summed E-state index contributed by atoms with van der Waals surface area (Å²) in [7, 11) is 0. The Morgan fingerprint density at radius 2 is 1.78 bits per heavy atom. The molecule has 3 rings (SSSR count). The number of rotatable bonds is 4. The summed E-state index contributed by atoms with van der Waals surface area (Å²) in [6, 6.07) is 17.9. The van der Waals surface area contributed by atoms with E-state index in [0.717, 1.165) is 11.3 Å². The number of hydrogen-bond donors (Lipinski definition) is 0. The Morgan fingerprint density at radius 3 is 2.43 bits per heavy atom. The van der Waals surface area contributed by atoms with Crippen LogP contribution in [-0.4, -0.2) is 20.0 Å². The Labute approximate surface area is 137 Å². The molecule has 0 aliphatic carbocycles. The summed E-state index contributed by atoms with van der Waals surface area (Å²) in [5, 5.41) is 17.9. The Kier molecular flexibility index (Phi) is 4.40. The van der Waals surface area contributed by atoms with Gasteiger partial charge in [-0.05, 0) is 31.2 Å². The highest BCUT2D eigenvalue weighted by Gasteiger charge is 2.18. The van der Waals surface area contributed by atoms with Crippen LogP contribution in [0, 0.1) is 17.1 Å². The van der Waals surface area contributed by atoms with Crippen molar-refractivity contribution in [3.8, 4) is 23.1 Å². The maximum Gasteiger partial charge on any atom is 0.197 e. The Balaban J connectivity index is 2.14. The fraction of sp³-hybridized carbons (Fsp3) is 0.118. The van der Waals surface area contributed by atoms with Crippen LogP contribution in [0.25, 0.3) is 17.1 Å². The first kappa shape index (κ1) is 15.3. The molecule has 1 aromatic heterocycles. The van der Waals surface area contributed by atoms with Gasteiger partial charge in [-0.25, -0.2) is 4.39 Å². The second-order valence-electron chi connectivity index (χ2n) is 4.87. The quantitative estimate of drug-likeness (QED) is 0.679. The zero-order valence-corrected chi connectivity index (χ0v) is 13.2. The van der Waals surface area contributed by atoms with E-state index < -0.39 is 0 Å². The number of hydrogen-bond acceptors (Lipinski definition) is 4.